The van der Waals surface area contributed by atoms with Crippen molar-refractivity contribution in [3.8, 4) is 0 Å². The number of benzene rings is 4. The summed E-state index contributed by atoms with van der Waals surface area (Å²) in [5.74, 6) is -1.98. The molecule has 3 aliphatic rings. The molecule has 0 N–H and O–H groups in total. The van der Waals surface area contributed by atoms with Gasteiger partial charge in [0.1, 0.15) is 0 Å². The van der Waals surface area contributed by atoms with E-state index in [4.69, 9.17) is 0 Å². The standard InChI is InChI=1S/C35H29NO3/c1-3-21-35-28(24-16-8-5-9-17-24)27(23-14-6-4-7-15-23)34(2,33(35)39)29-30(35)32(38)36(31(29)37)26-20-12-18-22-13-10-11-19-25(22)26/h4-20,29-30H,3,21H2,1-2H3/t29-,30-,34+,35-/m1/s1. The second-order valence-electron chi connectivity index (χ2n) is 11.2. The van der Waals surface area contributed by atoms with Gasteiger partial charge in [0.25, 0.3) is 0 Å². The summed E-state index contributed by atoms with van der Waals surface area (Å²) in [5.41, 5.74) is 2.13. The first-order chi connectivity index (χ1) is 19.0. The van der Waals surface area contributed by atoms with Crippen LogP contribution in [0.15, 0.2) is 103 Å². The zero-order valence-corrected chi connectivity index (χ0v) is 22.1. The van der Waals surface area contributed by atoms with Gasteiger partial charge in [0, 0.05) is 5.39 Å². The smallest absolute Gasteiger partial charge is 0.239 e. The molecular weight excluding hydrogens is 482 g/mol. The lowest BCUT2D eigenvalue weighted by atomic mass is 9.61. The van der Waals surface area contributed by atoms with Crippen LogP contribution in [0.2, 0.25) is 0 Å². The Morgan fingerprint density at radius 1 is 0.667 bits per heavy atom. The number of carbonyl (C=O) groups excluding carboxylic acids is 3. The van der Waals surface area contributed by atoms with Crippen LogP contribution >= 0.6 is 0 Å². The topological polar surface area (TPSA) is 54.5 Å². The normalized spacial score (nSPS) is 27.6. The highest BCUT2D eigenvalue weighted by Crippen LogP contribution is 2.75. The fourth-order valence-electron chi connectivity index (χ4n) is 8.00. The summed E-state index contributed by atoms with van der Waals surface area (Å²) in [6, 6.07) is 33.5. The lowest BCUT2D eigenvalue weighted by molar-refractivity contribution is -0.134. The van der Waals surface area contributed by atoms with Crippen LogP contribution in [0.3, 0.4) is 0 Å². The number of allylic oxidation sites excluding steroid dienone is 2. The molecule has 2 fully saturated rings. The molecule has 0 aromatic heterocycles. The quantitative estimate of drug-likeness (QED) is 0.273. The maximum atomic E-state index is 14.8. The summed E-state index contributed by atoms with van der Waals surface area (Å²) in [5, 5.41) is 1.82. The number of ketones is 1. The van der Waals surface area contributed by atoms with Gasteiger partial charge in [-0.05, 0) is 47.1 Å². The van der Waals surface area contributed by atoms with Gasteiger partial charge in [-0.2, -0.15) is 0 Å². The molecule has 2 amide bonds. The molecule has 4 aromatic carbocycles. The van der Waals surface area contributed by atoms with Gasteiger partial charge in [0.05, 0.1) is 28.4 Å². The Hall–Kier alpha value is -4.31. The third kappa shape index (κ3) is 2.86. The Morgan fingerprint density at radius 3 is 1.90 bits per heavy atom. The van der Waals surface area contributed by atoms with Crippen molar-refractivity contribution in [3.05, 3.63) is 114 Å². The molecule has 4 aromatic rings. The van der Waals surface area contributed by atoms with Crippen LogP contribution < -0.4 is 4.90 Å². The number of fused-ring (bicyclic) bond motifs is 6. The van der Waals surface area contributed by atoms with Crippen molar-refractivity contribution in [1.29, 1.82) is 0 Å². The molecule has 0 unspecified atom stereocenters. The molecule has 7 rings (SSSR count). The van der Waals surface area contributed by atoms with Crippen LogP contribution in [0.1, 0.15) is 37.8 Å². The molecule has 4 heteroatoms. The van der Waals surface area contributed by atoms with Crippen molar-refractivity contribution < 1.29 is 14.4 Å². The number of imide groups is 1. The van der Waals surface area contributed by atoms with Crippen molar-refractivity contribution in [2.24, 2.45) is 22.7 Å². The lowest BCUT2D eigenvalue weighted by Gasteiger charge is -2.37. The van der Waals surface area contributed by atoms with Gasteiger partial charge in [-0.25, -0.2) is 4.90 Å². The van der Waals surface area contributed by atoms with Gasteiger partial charge in [-0.15, -0.1) is 0 Å². The Labute approximate surface area is 228 Å². The van der Waals surface area contributed by atoms with E-state index >= 15 is 0 Å². The van der Waals surface area contributed by atoms with Crippen LogP contribution in [0.4, 0.5) is 5.69 Å². The monoisotopic (exact) mass is 511 g/mol. The number of nitrogens with zero attached hydrogens (tertiary/aromatic N) is 1. The van der Waals surface area contributed by atoms with E-state index in [1.54, 1.807) is 0 Å². The third-order valence-electron chi connectivity index (χ3n) is 9.33. The molecule has 192 valence electrons. The molecule has 1 aliphatic heterocycles. The van der Waals surface area contributed by atoms with Crippen molar-refractivity contribution >= 4 is 45.2 Å². The Bertz CT molecular complexity index is 1700. The maximum Gasteiger partial charge on any atom is 0.239 e. The van der Waals surface area contributed by atoms with Crippen LogP contribution in [0.25, 0.3) is 21.9 Å². The van der Waals surface area contributed by atoms with Crippen molar-refractivity contribution in [1.82, 2.24) is 0 Å². The molecule has 4 nitrogen and oxygen atoms in total. The fourth-order valence-corrected chi connectivity index (χ4v) is 8.00. The van der Waals surface area contributed by atoms with E-state index in [2.05, 4.69) is 6.92 Å². The van der Waals surface area contributed by atoms with E-state index in [9.17, 15) is 14.4 Å². The molecule has 39 heavy (non-hydrogen) atoms. The molecule has 0 spiro atoms. The van der Waals surface area contributed by atoms with Crippen LogP contribution in [-0.4, -0.2) is 17.6 Å². The molecule has 1 heterocycles. The number of carbonyl (C=O) groups is 3. The molecule has 1 saturated carbocycles. The number of hydrogen-bond donors (Lipinski definition) is 0. The molecule has 2 bridgehead atoms. The first-order valence-corrected chi connectivity index (χ1v) is 13.7. The van der Waals surface area contributed by atoms with Crippen LogP contribution in [0.5, 0.6) is 0 Å². The second-order valence-corrected chi connectivity index (χ2v) is 11.2. The van der Waals surface area contributed by atoms with Gasteiger partial charge < -0.3 is 0 Å². The second kappa shape index (κ2) is 8.34. The van der Waals surface area contributed by atoms with E-state index in [0.29, 0.717) is 12.1 Å². The van der Waals surface area contributed by atoms with E-state index in [1.807, 2.05) is 110 Å². The summed E-state index contributed by atoms with van der Waals surface area (Å²) < 4.78 is 0. The van der Waals surface area contributed by atoms with Crippen molar-refractivity contribution in [2.45, 2.75) is 26.7 Å². The number of hydrogen-bond acceptors (Lipinski definition) is 3. The average Bonchev–Trinajstić information content (AvgIpc) is 3.43. The Balaban J connectivity index is 1.52. The maximum absolute atomic E-state index is 14.8. The first kappa shape index (κ1) is 23.8. The van der Waals surface area contributed by atoms with Gasteiger partial charge >= 0.3 is 0 Å². The minimum absolute atomic E-state index is 0.0174. The van der Waals surface area contributed by atoms with Crippen LogP contribution in [-0.2, 0) is 14.4 Å². The highest BCUT2D eigenvalue weighted by atomic mass is 16.2. The molecule has 4 atom stereocenters. The zero-order chi connectivity index (χ0) is 26.9. The minimum atomic E-state index is -1.11. The van der Waals surface area contributed by atoms with Crippen molar-refractivity contribution in [2.75, 3.05) is 4.90 Å². The summed E-state index contributed by atoms with van der Waals surface area (Å²) in [6.07, 6.45) is 1.24. The van der Waals surface area contributed by atoms with Crippen molar-refractivity contribution in [3.63, 3.8) is 0 Å². The predicted molar refractivity (Wildman–Crippen MR) is 154 cm³/mol. The largest absolute Gasteiger partial charge is 0.298 e. The third-order valence-corrected chi connectivity index (χ3v) is 9.33. The Morgan fingerprint density at radius 2 is 1.23 bits per heavy atom. The van der Waals surface area contributed by atoms with Gasteiger partial charge in [0.2, 0.25) is 11.8 Å². The lowest BCUT2D eigenvalue weighted by Crippen LogP contribution is -2.41. The van der Waals surface area contributed by atoms with Crippen LogP contribution in [0, 0.1) is 22.7 Å². The van der Waals surface area contributed by atoms with Gasteiger partial charge in [-0.1, -0.05) is 110 Å². The predicted octanol–water partition coefficient (Wildman–Crippen LogP) is 6.95. The average molecular weight is 512 g/mol. The fraction of sp³-hybridized carbons (Fsp3) is 0.229. The molecule has 0 radical (unpaired) electrons. The van der Waals surface area contributed by atoms with E-state index in [1.165, 1.54) is 4.90 Å². The Kier molecular flexibility index (Phi) is 5.09. The molecule has 2 aliphatic carbocycles. The van der Waals surface area contributed by atoms with E-state index in [0.717, 1.165) is 39.5 Å². The highest BCUT2D eigenvalue weighted by molar-refractivity contribution is 6.35. The number of rotatable bonds is 5. The first-order valence-electron chi connectivity index (χ1n) is 13.7. The summed E-state index contributed by atoms with van der Waals surface area (Å²) in [4.78, 5) is 45.2. The van der Waals surface area contributed by atoms with Gasteiger partial charge in [0.15, 0.2) is 5.78 Å². The molecule has 1 saturated heterocycles. The zero-order valence-electron chi connectivity index (χ0n) is 22.1. The summed E-state index contributed by atoms with van der Waals surface area (Å²) in [6.45, 7) is 3.97. The van der Waals surface area contributed by atoms with Gasteiger partial charge in [-0.3, -0.25) is 14.4 Å². The van der Waals surface area contributed by atoms with E-state index in [-0.39, 0.29) is 17.6 Å². The number of Topliss-reactive ketones (excluding diaryl/α,β-unsaturated/α-hetero) is 1. The SMILES string of the molecule is CCC[C@@]12C(=O)[C@@](C)(C(c3ccccc3)=C1c1ccccc1)[C@H]1C(=O)N(c3cccc4ccccc34)C(=O)[C@@H]12. The number of amides is 2. The summed E-state index contributed by atoms with van der Waals surface area (Å²) in [7, 11) is 0. The minimum Gasteiger partial charge on any atom is -0.298 e. The van der Waals surface area contributed by atoms with E-state index < -0.39 is 22.7 Å². The molecular formula is C35H29NO3. The summed E-state index contributed by atoms with van der Waals surface area (Å²) >= 11 is 0. The number of anilines is 1. The highest BCUT2D eigenvalue weighted by Gasteiger charge is 2.80.